The van der Waals surface area contributed by atoms with Crippen molar-refractivity contribution < 1.29 is 9.47 Å². The van der Waals surface area contributed by atoms with Gasteiger partial charge in [0.15, 0.2) is 0 Å². The number of pyridine rings is 2. The van der Waals surface area contributed by atoms with E-state index in [2.05, 4.69) is 15.0 Å². The summed E-state index contributed by atoms with van der Waals surface area (Å²) in [6, 6.07) is 7.48. The Balaban J connectivity index is 1.51. The fourth-order valence-corrected chi connectivity index (χ4v) is 3.39. The van der Waals surface area contributed by atoms with E-state index in [4.69, 9.17) is 9.47 Å². The molecule has 0 spiro atoms. The average Bonchev–Trinajstić information content (AvgIpc) is 3.50. The van der Waals surface area contributed by atoms with Gasteiger partial charge in [0.05, 0.1) is 25.5 Å². The van der Waals surface area contributed by atoms with Gasteiger partial charge in [-0.2, -0.15) is 4.98 Å². The first-order valence-electron chi connectivity index (χ1n) is 9.60. The third-order valence-corrected chi connectivity index (χ3v) is 5.42. The summed E-state index contributed by atoms with van der Waals surface area (Å²) in [5, 5.41) is 0. The fourth-order valence-electron chi connectivity index (χ4n) is 3.39. The SMILES string of the molecule is COc1ccc([C@@H]2CC2COc2nc(C)ncc2-c2cc(C)n(C)c(=O)c2)nc1. The van der Waals surface area contributed by atoms with Gasteiger partial charge in [0.1, 0.15) is 11.6 Å². The molecule has 0 aromatic carbocycles. The number of methoxy groups -OCH3 is 1. The van der Waals surface area contributed by atoms with Crippen LogP contribution < -0.4 is 15.0 Å². The molecule has 1 aliphatic rings. The van der Waals surface area contributed by atoms with Gasteiger partial charge in [-0.3, -0.25) is 9.78 Å². The Labute approximate surface area is 169 Å². The molecule has 2 atom stereocenters. The highest BCUT2D eigenvalue weighted by Crippen LogP contribution is 2.47. The van der Waals surface area contributed by atoms with Crippen LogP contribution in [0.4, 0.5) is 0 Å². The summed E-state index contributed by atoms with van der Waals surface area (Å²) in [4.78, 5) is 25.5. The first-order valence-corrected chi connectivity index (χ1v) is 9.60. The standard InChI is InChI=1S/C22H24N4O3/c1-13-7-15(9-21(27)26(13)3)19-11-23-14(2)25-22(19)29-12-16-8-18(16)20-6-5-17(28-4)10-24-20/h5-7,9-11,16,18H,8,12H2,1-4H3/t16?,18-/m1/s1. The zero-order valence-electron chi connectivity index (χ0n) is 17.0. The van der Waals surface area contributed by atoms with Crippen LogP contribution in [-0.4, -0.2) is 33.2 Å². The van der Waals surface area contributed by atoms with E-state index in [1.807, 2.05) is 32.0 Å². The number of rotatable bonds is 6. The molecule has 1 aliphatic carbocycles. The minimum atomic E-state index is -0.0700. The molecule has 1 unspecified atom stereocenters. The van der Waals surface area contributed by atoms with E-state index in [9.17, 15) is 4.79 Å². The molecule has 0 amide bonds. The van der Waals surface area contributed by atoms with Crippen molar-refractivity contribution in [3.05, 3.63) is 64.2 Å². The molecule has 0 N–H and O–H groups in total. The zero-order chi connectivity index (χ0) is 20.5. The summed E-state index contributed by atoms with van der Waals surface area (Å²) >= 11 is 0. The number of aryl methyl sites for hydroxylation is 2. The minimum absolute atomic E-state index is 0.0700. The van der Waals surface area contributed by atoms with Gasteiger partial charge in [-0.25, -0.2) is 4.98 Å². The van der Waals surface area contributed by atoms with Crippen molar-refractivity contribution in [1.29, 1.82) is 0 Å². The lowest BCUT2D eigenvalue weighted by atomic mass is 10.1. The quantitative estimate of drug-likeness (QED) is 0.642. The zero-order valence-corrected chi connectivity index (χ0v) is 17.0. The van der Waals surface area contributed by atoms with Crippen LogP contribution in [0.15, 0.2) is 41.5 Å². The van der Waals surface area contributed by atoms with Gasteiger partial charge >= 0.3 is 0 Å². The molecule has 29 heavy (non-hydrogen) atoms. The second kappa shape index (κ2) is 7.66. The molecule has 0 radical (unpaired) electrons. The van der Waals surface area contributed by atoms with Crippen LogP contribution in [0.1, 0.15) is 29.6 Å². The maximum absolute atomic E-state index is 12.2. The molecule has 3 heterocycles. The van der Waals surface area contributed by atoms with Crippen LogP contribution in [-0.2, 0) is 7.05 Å². The summed E-state index contributed by atoms with van der Waals surface area (Å²) in [5.41, 5.74) is 3.35. The maximum Gasteiger partial charge on any atom is 0.251 e. The molecular formula is C22H24N4O3. The lowest BCUT2D eigenvalue weighted by Crippen LogP contribution is -2.18. The van der Waals surface area contributed by atoms with Gasteiger partial charge in [0.2, 0.25) is 5.88 Å². The largest absolute Gasteiger partial charge is 0.495 e. The summed E-state index contributed by atoms with van der Waals surface area (Å²) in [6.45, 7) is 4.27. The molecule has 7 nitrogen and oxygen atoms in total. The van der Waals surface area contributed by atoms with E-state index in [-0.39, 0.29) is 5.56 Å². The minimum Gasteiger partial charge on any atom is -0.495 e. The van der Waals surface area contributed by atoms with Gasteiger partial charge in [0, 0.05) is 42.5 Å². The van der Waals surface area contributed by atoms with Crippen molar-refractivity contribution in [2.45, 2.75) is 26.2 Å². The third kappa shape index (κ3) is 3.99. The Morgan fingerprint density at radius 3 is 2.69 bits per heavy atom. The molecule has 0 saturated heterocycles. The summed E-state index contributed by atoms with van der Waals surface area (Å²) in [5.74, 6) is 2.68. The van der Waals surface area contributed by atoms with E-state index in [1.165, 1.54) is 0 Å². The lowest BCUT2D eigenvalue weighted by molar-refractivity contribution is 0.285. The van der Waals surface area contributed by atoms with E-state index in [1.54, 1.807) is 37.2 Å². The predicted octanol–water partition coefficient (Wildman–Crippen LogP) is 3.05. The molecular weight excluding hydrogens is 368 g/mol. The van der Waals surface area contributed by atoms with E-state index in [0.29, 0.717) is 30.1 Å². The van der Waals surface area contributed by atoms with Crippen LogP contribution in [0.25, 0.3) is 11.1 Å². The van der Waals surface area contributed by atoms with Crippen molar-refractivity contribution in [2.75, 3.05) is 13.7 Å². The molecule has 0 aliphatic heterocycles. The number of ether oxygens (including phenoxy) is 2. The van der Waals surface area contributed by atoms with Gasteiger partial charge < -0.3 is 14.0 Å². The van der Waals surface area contributed by atoms with Crippen molar-refractivity contribution in [2.24, 2.45) is 13.0 Å². The topological polar surface area (TPSA) is 79.1 Å². The Kier molecular flexibility index (Phi) is 5.05. The van der Waals surface area contributed by atoms with Crippen LogP contribution in [0.5, 0.6) is 11.6 Å². The third-order valence-electron chi connectivity index (χ3n) is 5.42. The van der Waals surface area contributed by atoms with Gasteiger partial charge in [-0.1, -0.05) is 0 Å². The first kappa shape index (κ1) is 19.1. The van der Waals surface area contributed by atoms with Crippen molar-refractivity contribution in [1.82, 2.24) is 19.5 Å². The normalized spacial score (nSPS) is 17.8. The maximum atomic E-state index is 12.2. The summed E-state index contributed by atoms with van der Waals surface area (Å²) < 4.78 is 12.9. The van der Waals surface area contributed by atoms with E-state index < -0.39 is 0 Å². The predicted molar refractivity (Wildman–Crippen MR) is 109 cm³/mol. The number of hydrogen-bond acceptors (Lipinski definition) is 6. The highest BCUT2D eigenvalue weighted by Gasteiger charge is 2.40. The second-order valence-electron chi connectivity index (χ2n) is 7.45. The van der Waals surface area contributed by atoms with Crippen LogP contribution in [0, 0.1) is 19.8 Å². The molecule has 1 saturated carbocycles. The molecule has 150 valence electrons. The monoisotopic (exact) mass is 392 g/mol. The van der Waals surface area contributed by atoms with E-state index in [0.717, 1.165) is 34.7 Å². The van der Waals surface area contributed by atoms with Crippen LogP contribution in [0.3, 0.4) is 0 Å². The number of hydrogen-bond donors (Lipinski definition) is 0. The Morgan fingerprint density at radius 2 is 2.00 bits per heavy atom. The van der Waals surface area contributed by atoms with Gasteiger partial charge in [0.25, 0.3) is 5.56 Å². The average molecular weight is 392 g/mol. The first-order chi connectivity index (χ1) is 14.0. The smallest absolute Gasteiger partial charge is 0.251 e. The molecule has 3 aromatic heterocycles. The van der Waals surface area contributed by atoms with Crippen molar-refractivity contribution in [3.8, 4) is 22.8 Å². The number of aromatic nitrogens is 4. The van der Waals surface area contributed by atoms with Crippen molar-refractivity contribution in [3.63, 3.8) is 0 Å². The highest BCUT2D eigenvalue weighted by molar-refractivity contribution is 5.67. The van der Waals surface area contributed by atoms with Gasteiger partial charge in [-0.15, -0.1) is 0 Å². The van der Waals surface area contributed by atoms with E-state index >= 15 is 0 Å². The highest BCUT2D eigenvalue weighted by atomic mass is 16.5. The second-order valence-corrected chi connectivity index (χ2v) is 7.45. The fraction of sp³-hybridized carbons (Fsp3) is 0.364. The molecule has 4 rings (SSSR count). The summed E-state index contributed by atoms with van der Waals surface area (Å²) in [6.07, 6.45) is 4.50. The Morgan fingerprint density at radius 1 is 1.17 bits per heavy atom. The summed E-state index contributed by atoms with van der Waals surface area (Å²) in [7, 11) is 3.39. The van der Waals surface area contributed by atoms with Crippen molar-refractivity contribution >= 4 is 0 Å². The molecule has 7 heteroatoms. The number of nitrogens with zero attached hydrogens (tertiary/aromatic N) is 4. The molecule has 3 aromatic rings. The van der Waals surface area contributed by atoms with Crippen LogP contribution >= 0.6 is 0 Å². The Bertz CT molecular complexity index is 1090. The molecule has 0 bridgehead atoms. The lowest BCUT2D eigenvalue weighted by Gasteiger charge is -2.12. The van der Waals surface area contributed by atoms with Gasteiger partial charge in [-0.05, 0) is 44.0 Å². The molecule has 1 fully saturated rings. The Hall–Kier alpha value is -3.22. The van der Waals surface area contributed by atoms with Crippen LogP contribution in [0.2, 0.25) is 0 Å².